The summed E-state index contributed by atoms with van der Waals surface area (Å²) < 4.78 is 31.3. The summed E-state index contributed by atoms with van der Waals surface area (Å²) in [5, 5.41) is 12.7. The number of carbonyl (C=O) groups is 3. The highest BCUT2D eigenvalue weighted by Gasteiger charge is 2.34. The van der Waals surface area contributed by atoms with Crippen molar-refractivity contribution in [3.05, 3.63) is 105 Å². The molecule has 1 atom stereocenters. The van der Waals surface area contributed by atoms with E-state index in [1.165, 1.54) is 38.2 Å². The van der Waals surface area contributed by atoms with Crippen molar-refractivity contribution >= 4 is 17.8 Å². The second-order valence-corrected chi connectivity index (χ2v) is 11.0. The van der Waals surface area contributed by atoms with Crippen LogP contribution in [0, 0.1) is 18.7 Å². The van der Waals surface area contributed by atoms with Crippen LogP contribution >= 0.6 is 0 Å². The number of nitrogens with zero attached hydrogens (tertiary/aromatic N) is 4. The van der Waals surface area contributed by atoms with Gasteiger partial charge in [0.2, 0.25) is 17.9 Å². The van der Waals surface area contributed by atoms with Gasteiger partial charge in [0, 0.05) is 26.4 Å². The summed E-state index contributed by atoms with van der Waals surface area (Å²) in [6.45, 7) is 8.04. The predicted octanol–water partition coefficient (Wildman–Crippen LogP) is 3.42. The van der Waals surface area contributed by atoms with Crippen LogP contribution in [-0.2, 0) is 23.9 Å². The number of aromatic nitrogens is 4. The maximum Gasteiger partial charge on any atom is 0.341 e. The van der Waals surface area contributed by atoms with Gasteiger partial charge in [-0.3, -0.25) is 19.0 Å². The third kappa shape index (κ3) is 7.77. The molecule has 0 saturated carbocycles. The van der Waals surface area contributed by atoms with Crippen LogP contribution in [0.2, 0.25) is 0 Å². The molecule has 13 nitrogen and oxygen atoms in total. The van der Waals surface area contributed by atoms with Gasteiger partial charge in [-0.25, -0.2) is 14.2 Å². The minimum Gasteiger partial charge on any atom is -0.446 e. The lowest BCUT2D eigenvalue weighted by molar-refractivity contribution is -0.0743. The number of rotatable bonds is 11. The number of ether oxygens (including phenoxy) is 2. The Morgan fingerprint density at radius 2 is 1.69 bits per heavy atom. The summed E-state index contributed by atoms with van der Waals surface area (Å²) in [6, 6.07) is 13.7. The van der Waals surface area contributed by atoms with Crippen LogP contribution in [0.25, 0.3) is 0 Å². The Morgan fingerprint density at radius 3 is 2.29 bits per heavy atom. The number of carbonyl (C=O) groups excluding carboxylic acids is 3. The maximum absolute atomic E-state index is 13.8. The van der Waals surface area contributed by atoms with E-state index in [0.29, 0.717) is 5.56 Å². The van der Waals surface area contributed by atoms with Crippen LogP contribution in [0.1, 0.15) is 76.5 Å². The topological polar surface area (TPSA) is 168 Å². The van der Waals surface area contributed by atoms with Crippen molar-refractivity contribution in [2.24, 2.45) is 13.0 Å². The molecular formula is C31H33FN6O7. The van der Waals surface area contributed by atoms with Crippen molar-refractivity contribution < 1.29 is 32.7 Å². The summed E-state index contributed by atoms with van der Waals surface area (Å²) >= 11 is 0. The summed E-state index contributed by atoms with van der Waals surface area (Å²) in [5.74, 6) is -3.75. The van der Waals surface area contributed by atoms with Gasteiger partial charge in [-0.1, -0.05) is 44.2 Å². The summed E-state index contributed by atoms with van der Waals surface area (Å²) in [4.78, 5) is 57.6. The molecule has 0 aliphatic rings. The van der Waals surface area contributed by atoms with Gasteiger partial charge in [0.05, 0.1) is 11.1 Å². The quantitative estimate of drug-likeness (QED) is 0.187. The summed E-state index contributed by atoms with van der Waals surface area (Å²) in [5.41, 5.74) is -1.72. The van der Waals surface area contributed by atoms with E-state index in [0.717, 1.165) is 4.57 Å². The standard InChI is InChI=1S/C31H33FN6O7/c1-17(2)29(45-28(42)20-10-8-7-9-11-20)44-23-22(24(39)33-16-19-12-14-21(32)15-13-19)34-30(38(6)27(23)41)31(4,5)35-25(40)26-37-36-18(3)43-26/h7-15,17,29H,16H2,1-6H3,(H,33,39)(H,35,40). The van der Waals surface area contributed by atoms with E-state index >= 15 is 0 Å². The average molecular weight is 621 g/mol. The SMILES string of the molecule is Cc1nnc(C(=O)NC(C)(C)c2nc(C(=O)NCc3ccc(F)cc3)c(OC(OC(=O)c3ccccc3)C(C)C)c(=O)n2C)o1. The number of hydrogen-bond donors (Lipinski definition) is 2. The maximum atomic E-state index is 13.8. The number of aryl methyl sites for hydroxylation is 1. The van der Waals surface area contributed by atoms with Gasteiger partial charge in [-0.2, -0.15) is 0 Å². The van der Waals surface area contributed by atoms with E-state index in [-0.39, 0.29) is 29.7 Å². The van der Waals surface area contributed by atoms with Gasteiger partial charge in [-0.15, -0.1) is 10.2 Å². The first-order chi connectivity index (χ1) is 21.3. The van der Waals surface area contributed by atoms with Crippen LogP contribution < -0.4 is 20.9 Å². The molecule has 0 aliphatic heterocycles. The number of benzene rings is 2. The summed E-state index contributed by atoms with van der Waals surface area (Å²) in [6.07, 6.45) is -1.28. The Bertz CT molecular complexity index is 1750. The van der Waals surface area contributed by atoms with Gasteiger partial charge in [0.15, 0.2) is 5.69 Å². The number of halogens is 1. The van der Waals surface area contributed by atoms with E-state index in [9.17, 15) is 23.6 Å². The fourth-order valence-corrected chi connectivity index (χ4v) is 4.21. The number of hydrogen-bond acceptors (Lipinski definition) is 10. The van der Waals surface area contributed by atoms with Gasteiger partial charge in [0.25, 0.3) is 11.5 Å². The number of amides is 2. The molecule has 0 aliphatic carbocycles. The first-order valence-corrected chi connectivity index (χ1v) is 14.0. The minimum atomic E-state index is -1.35. The van der Waals surface area contributed by atoms with Crippen molar-refractivity contribution in [1.82, 2.24) is 30.4 Å². The lowest BCUT2D eigenvalue weighted by Crippen LogP contribution is -2.46. The highest BCUT2D eigenvalue weighted by molar-refractivity contribution is 5.95. The molecule has 0 spiro atoms. The zero-order chi connectivity index (χ0) is 32.9. The molecule has 0 bridgehead atoms. The molecule has 2 N–H and O–H groups in total. The third-order valence-corrected chi connectivity index (χ3v) is 6.55. The molecule has 4 aromatic rings. The molecule has 2 heterocycles. The van der Waals surface area contributed by atoms with Crippen LogP contribution in [0.3, 0.4) is 0 Å². The van der Waals surface area contributed by atoms with Crippen molar-refractivity contribution in [3.63, 3.8) is 0 Å². The van der Waals surface area contributed by atoms with Crippen LogP contribution in [0.15, 0.2) is 63.8 Å². The van der Waals surface area contributed by atoms with Gasteiger partial charge in [-0.05, 0) is 43.7 Å². The monoisotopic (exact) mass is 620 g/mol. The fourth-order valence-electron chi connectivity index (χ4n) is 4.21. The van der Waals surface area contributed by atoms with E-state index in [4.69, 9.17) is 13.9 Å². The van der Waals surface area contributed by atoms with Crippen molar-refractivity contribution in [2.75, 3.05) is 0 Å². The third-order valence-electron chi connectivity index (χ3n) is 6.55. The van der Waals surface area contributed by atoms with Crippen molar-refractivity contribution in [2.45, 2.75) is 53.0 Å². The van der Waals surface area contributed by atoms with Crippen LogP contribution in [0.5, 0.6) is 5.75 Å². The second kappa shape index (κ2) is 13.5. The molecule has 0 fully saturated rings. The Morgan fingerprint density at radius 1 is 1.02 bits per heavy atom. The Labute approximate surface area is 257 Å². The zero-order valence-corrected chi connectivity index (χ0v) is 25.6. The molecule has 4 rings (SSSR count). The highest BCUT2D eigenvalue weighted by atomic mass is 19.1. The molecule has 0 saturated heterocycles. The number of nitrogens with one attached hydrogen (secondary N) is 2. The van der Waals surface area contributed by atoms with Gasteiger partial charge < -0.3 is 24.5 Å². The largest absolute Gasteiger partial charge is 0.446 e. The predicted molar refractivity (Wildman–Crippen MR) is 158 cm³/mol. The van der Waals surface area contributed by atoms with E-state index in [1.54, 1.807) is 58.0 Å². The smallest absolute Gasteiger partial charge is 0.341 e. The second-order valence-electron chi connectivity index (χ2n) is 11.0. The Balaban J connectivity index is 1.72. The van der Waals surface area contributed by atoms with Crippen molar-refractivity contribution in [3.8, 4) is 5.75 Å². The molecule has 1 unspecified atom stereocenters. The normalized spacial score (nSPS) is 12.0. The highest BCUT2D eigenvalue weighted by Crippen LogP contribution is 2.24. The zero-order valence-electron chi connectivity index (χ0n) is 25.6. The van der Waals surface area contributed by atoms with E-state index < -0.39 is 58.4 Å². The fraction of sp³-hybridized carbons (Fsp3) is 0.323. The molecule has 45 heavy (non-hydrogen) atoms. The number of esters is 1. The molecule has 2 aromatic heterocycles. The Kier molecular flexibility index (Phi) is 9.75. The molecule has 2 aromatic carbocycles. The first-order valence-electron chi connectivity index (χ1n) is 14.0. The van der Waals surface area contributed by atoms with Gasteiger partial charge >= 0.3 is 17.8 Å². The van der Waals surface area contributed by atoms with E-state index in [2.05, 4.69) is 25.8 Å². The van der Waals surface area contributed by atoms with Gasteiger partial charge in [0.1, 0.15) is 11.6 Å². The average Bonchev–Trinajstić information content (AvgIpc) is 3.45. The summed E-state index contributed by atoms with van der Waals surface area (Å²) in [7, 11) is 1.39. The van der Waals surface area contributed by atoms with E-state index in [1.807, 2.05) is 0 Å². The lowest BCUT2D eigenvalue weighted by atomic mass is 10.0. The van der Waals surface area contributed by atoms with Crippen molar-refractivity contribution in [1.29, 1.82) is 0 Å². The molecule has 236 valence electrons. The molecule has 2 amide bonds. The molecule has 14 heteroatoms. The first kappa shape index (κ1) is 32.5. The van der Waals surface area contributed by atoms with Crippen LogP contribution in [0.4, 0.5) is 4.39 Å². The minimum absolute atomic E-state index is 0.0150. The lowest BCUT2D eigenvalue weighted by Gasteiger charge is -2.28. The molecular weight excluding hydrogens is 587 g/mol. The molecule has 0 radical (unpaired) electrons. The van der Waals surface area contributed by atoms with Crippen LogP contribution in [-0.4, -0.2) is 43.8 Å². The Hall–Kier alpha value is -5.40.